The van der Waals surface area contributed by atoms with Crippen LogP contribution >= 0.6 is 0 Å². The summed E-state index contributed by atoms with van der Waals surface area (Å²) in [7, 11) is 0. The van der Waals surface area contributed by atoms with Crippen LogP contribution < -0.4 is 5.32 Å². The SMILES string of the molecule is CCCOC(=O)[C@H](Cc1cnc[nH]1)NC(C)=O. The summed E-state index contributed by atoms with van der Waals surface area (Å²) in [4.78, 5) is 29.4. The monoisotopic (exact) mass is 239 g/mol. The Hall–Kier alpha value is -1.85. The maximum Gasteiger partial charge on any atom is 0.329 e. The topological polar surface area (TPSA) is 84.1 Å². The van der Waals surface area contributed by atoms with Gasteiger partial charge in [-0.2, -0.15) is 0 Å². The zero-order chi connectivity index (χ0) is 12.7. The summed E-state index contributed by atoms with van der Waals surface area (Å²) < 4.78 is 5.02. The van der Waals surface area contributed by atoms with Gasteiger partial charge in [-0.3, -0.25) is 4.79 Å². The first-order valence-electron chi connectivity index (χ1n) is 5.54. The van der Waals surface area contributed by atoms with Crippen LogP contribution in [0.5, 0.6) is 0 Å². The molecule has 1 aromatic heterocycles. The summed E-state index contributed by atoms with van der Waals surface area (Å²) in [6.07, 6.45) is 4.24. The first-order valence-corrected chi connectivity index (χ1v) is 5.54. The molecule has 2 N–H and O–H groups in total. The third-order valence-electron chi connectivity index (χ3n) is 2.09. The van der Waals surface area contributed by atoms with Crippen molar-refractivity contribution < 1.29 is 14.3 Å². The number of carbonyl (C=O) groups is 2. The van der Waals surface area contributed by atoms with Gasteiger partial charge in [-0.05, 0) is 6.42 Å². The molecule has 6 nitrogen and oxygen atoms in total. The highest BCUT2D eigenvalue weighted by Crippen LogP contribution is 2.01. The van der Waals surface area contributed by atoms with Crippen LogP contribution in [0.2, 0.25) is 0 Å². The van der Waals surface area contributed by atoms with E-state index in [0.717, 1.165) is 12.1 Å². The minimum atomic E-state index is -0.667. The van der Waals surface area contributed by atoms with E-state index in [1.807, 2.05) is 6.92 Å². The highest BCUT2D eigenvalue weighted by atomic mass is 16.5. The Kier molecular flexibility index (Phi) is 5.19. The molecule has 1 rings (SSSR count). The highest BCUT2D eigenvalue weighted by molar-refractivity contribution is 5.83. The highest BCUT2D eigenvalue weighted by Gasteiger charge is 2.21. The van der Waals surface area contributed by atoms with Crippen LogP contribution in [0.15, 0.2) is 12.5 Å². The quantitative estimate of drug-likeness (QED) is 0.704. The molecule has 0 aliphatic carbocycles. The Morgan fingerprint density at radius 2 is 2.35 bits per heavy atom. The number of nitrogens with one attached hydrogen (secondary N) is 2. The molecule has 0 aliphatic rings. The van der Waals surface area contributed by atoms with Crippen molar-refractivity contribution in [3.05, 3.63) is 18.2 Å². The van der Waals surface area contributed by atoms with Crippen molar-refractivity contribution in [2.24, 2.45) is 0 Å². The fraction of sp³-hybridized carbons (Fsp3) is 0.545. The average molecular weight is 239 g/mol. The second kappa shape index (κ2) is 6.67. The maximum atomic E-state index is 11.7. The number of imidazole rings is 1. The second-order valence-corrected chi connectivity index (χ2v) is 3.70. The Labute approximate surface area is 99.8 Å². The van der Waals surface area contributed by atoms with Crippen molar-refractivity contribution in [2.45, 2.75) is 32.7 Å². The van der Waals surface area contributed by atoms with E-state index in [9.17, 15) is 9.59 Å². The van der Waals surface area contributed by atoms with E-state index in [2.05, 4.69) is 15.3 Å². The van der Waals surface area contributed by atoms with Gasteiger partial charge in [0, 0.05) is 25.2 Å². The third-order valence-corrected chi connectivity index (χ3v) is 2.09. The summed E-state index contributed by atoms with van der Waals surface area (Å²) in [5.41, 5.74) is 0.775. The molecule has 94 valence electrons. The number of aromatic amines is 1. The van der Waals surface area contributed by atoms with Crippen LogP contribution in [0.3, 0.4) is 0 Å². The van der Waals surface area contributed by atoms with E-state index in [4.69, 9.17) is 4.74 Å². The van der Waals surface area contributed by atoms with Gasteiger partial charge in [0.2, 0.25) is 5.91 Å². The molecule has 1 aromatic rings. The maximum absolute atomic E-state index is 11.7. The van der Waals surface area contributed by atoms with Crippen molar-refractivity contribution in [3.8, 4) is 0 Å². The number of esters is 1. The van der Waals surface area contributed by atoms with Gasteiger partial charge >= 0.3 is 5.97 Å². The molecule has 0 aliphatic heterocycles. The number of hydrogen-bond donors (Lipinski definition) is 2. The van der Waals surface area contributed by atoms with Gasteiger partial charge < -0.3 is 15.0 Å². The molecule has 1 heterocycles. The first kappa shape index (κ1) is 13.2. The Morgan fingerprint density at radius 3 is 2.88 bits per heavy atom. The van der Waals surface area contributed by atoms with Gasteiger partial charge in [0.25, 0.3) is 0 Å². The third kappa shape index (κ3) is 4.67. The Morgan fingerprint density at radius 1 is 1.59 bits per heavy atom. The lowest BCUT2D eigenvalue weighted by molar-refractivity contribution is -0.147. The number of hydrogen-bond acceptors (Lipinski definition) is 4. The minimum absolute atomic E-state index is 0.261. The second-order valence-electron chi connectivity index (χ2n) is 3.70. The Bertz CT molecular complexity index is 362. The summed E-state index contributed by atoms with van der Waals surface area (Å²) in [5, 5.41) is 2.57. The van der Waals surface area contributed by atoms with Crippen molar-refractivity contribution >= 4 is 11.9 Å². The van der Waals surface area contributed by atoms with E-state index in [1.54, 1.807) is 6.20 Å². The Balaban J connectivity index is 2.59. The number of aromatic nitrogens is 2. The van der Waals surface area contributed by atoms with E-state index in [-0.39, 0.29) is 5.91 Å². The van der Waals surface area contributed by atoms with Gasteiger partial charge in [-0.15, -0.1) is 0 Å². The number of rotatable bonds is 6. The molecule has 6 heteroatoms. The van der Waals surface area contributed by atoms with Crippen molar-refractivity contribution in [2.75, 3.05) is 6.61 Å². The standard InChI is InChI=1S/C11H17N3O3/c1-3-4-17-11(16)10(14-8(2)15)5-9-6-12-7-13-9/h6-7,10H,3-5H2,1-2H3,(H,12,13)(H,14,15)/t10-/m0/s1. The van der Waals surface area contributed by atoms with Gasteiger partial charge in [-0.25, -0.2) is 9.78 Å². The molecule has 0 saturated heterocycles. The molecular formula is C11H17N3O3. The lowest BCUT2D eigenvalue weighted by Crippen LogP contribution is -2.42. The van der Waals surface area contributed by atoms with Crippen LogP contribution in [0.4, 0.5) is 0 Å². The number of H-pyrrole nitrogens is 1. The molecule has 0 aromatic carbocycles. The van der Waals surface area contributed by atoms with Gasteiger partial charge in [-0.1, -0.05) is 6.92 Å². The van der Waals surface area contributed by atoms with Crippen LogP contribution in [-0.2, 0) is 20.7 Å². The molecule has 0 saturated carbocycles. The van der Waals surface area contributed by atoms with Crippen LogP contribution in [0.25, 0.3) is 0 Å². The first-order chi connectivity index (χ1) is 8.13. The number of amides is 1. The van der Waals surface area contributed by atoms with Crippen molar-refractivity contribution in [1.82, 2.24) is 15.3 Å². The molecule has 0 spiro atoms. The average Bonchev–Trinajstić information content (AvgIpc) is 2.77. The summed E-state index contributed by atoms with van der Waals surface area (Å²) in [6.45, 7) is 3.64. The van der Waals surface area contributed by atoms with Gasteiger partial charge in [0.1, 0.15) is 6.04 Å². The zero-order valence-electron chi connectivity index (χ0n) is 10.0. The predicted molar refractivity (Wildman–Crippen MR) is 61.1 cm³/mol. The zero-order valence-corrected chi connectivity index (χ0v) is 10.0. The van der Waals surface area contributed by atoms with Gasteiger partial charge in [0.15, 0.2) is 0 Å². The molecule has 1 atom stereocenters. The van der Waals surface area contributed by atoms with Crippen LogP contribution in [0, 0.1) is 0 Å². The van der Waals surface area contributed by atoms with E-state index < -0.39 is 12.0 Å². The summed E-state index contributed by atoms with van der Waals surface area (Å²) >= 11 is 0. The molecule has 0 radical (unpaired) electrons. The van der Waals surface area contributed by atoms with Crippen LogP contribution in [0.1, 0.15) is 26.0 Å². The van der Waals surface area contributed by atoms with Crippen molar-refractivity contribution in [1.29, 1.82) is 0 Å². The lowest BCUT2D eigenvalue weighted by atomic mass is 10.1. The molecule has 1 amide bonds. The summed E-state index contributed by atoms with van der Waals surface area (Å²) in [5.74, 6) is -0.681. The van der Waals surface area contributed by atoms with Crippen molar-refractivity contribution in [3.63, 3.8) is 0 Å². The number of nitrogens with zero attached hydrogens (tertiary/aromatic N) is 1. The minimum Gasteiger partial charge on any atom is -0.464 e. The van der Waals surface area contributed by atoms with Gasteiger partial charge in [0.05, 0.1) is 12.9 Å². The number of ether oxygens (including phenoxy) is 1. The fourth-order valence-electron chi connectivity index (χ4n) is 1.36. The normalized spacial score (nSPS) is 11.9. The van der Waals surface area contributed by atoms with Crippen LogP contribution in [-0.4, -0.2) is 34.5 Å². The van der Waals surface area contributed by atoms with E-state index >= 15 is 0 Å². The van der Waals surface area contributed by atoms with E-state index in [1.165, 1.54) is 13.3 Å². The van der Waals surface area contributed by atoms with E-state index in [0.29, 0.717) is 13.0 Å². The predicted octanol–water partition coefficient (Wildman–Crippen LogP) is 0.410. The summed E-state index contributed by atoms with van der Waals surface area (Å²) in [6, 6.07) is -0.667. The molecular weight excluding hydrogens is 222 g/mol. The lowest BCUT2D eigenvalue weighted by Gasteiger charge is -2.15. The fourth-order valence-corrected chi connectivity index (χ4v) is 1.36. The molecule has 0 fully saturated rings. The largest absolute Gasteiger partial charge is 0.464 e. The molecule has 0 bridgehead atoms. The molecule has 17 heavy (non-hydrogen) atoms. The molecule has 0 unspecified atom stereocenters. The smallest absolute Gasteiger partial charge is 0.329 e. The number of carbonyl (C=O) groups excluding carboxylic acids is 2.